The normalized spacial score (nSPS) is 17.8. The summed E-state index contributed by atoms with van der Waals surface area (Å²) in [5.41, 5.74) is 0.963. The van der Waals surface area contributed by atoms with Crippen LogP contribution in [0.15, 0.2) is 18.2 Å². The number of carbonyl (C=O) groups excluding carboxylic acids is 1. The van der Waals surface area contributed by atoms with Crippen molar-refractivity contribution in [2.45, 2.75) is 25.3 Å². The summed E-state index contributed by atoms with van der Waals surface area (Å²) in [4.78, 5) is 25.1. The first-order chi connectivity index (χ1) is 11.0. The smallest absolute Gasteiger partial charge is 0.305 e. The highest BCUT2D eigenvalue weighted by atomic mass is 35.5. The van der Waals surface area contributed by atoms with E-state index < -0.39 is 5.97 Å². The number of amides is 1. The Morgan fingerprint density at radius 1 is 1.48 bits per heavy atom. The molecule has 1 atom stereocenters. The van der Waals surface area contributed by atoms with Gasteiger partial charge in [-0.25, -0.2) is 0 Å². The van der Waals surface area contributed by atoms with Crippen LogP contribution in [0.2, 0.25) is 5.02 Å². The van der Waals surface area contributed by atoms with Crippen LogP contribution >= 0.6 is 23.4 Å². The number of aliphatic carboxylic acids is 1. The quantitative estimate of drug-likeness (QED) is 0.847. The van der Waals surface area contributed by atoms with Gasteiger partial charge in [0, 0.05) is 24.5 Å². The maximum Gasteiger partial charge on any atom is 0.305 e. The molecule has 0 bridgehead atoms. The van der Waals surface area contributed by atoms with Crippen LogP contribution in [0.5, 0.6) is 5.75 Å². The number of methoxy groups -OCH3 is 1. The fourth-order valence-corrected chi connectivity index (χ4v) is 3.96. The van der Waals surface area contributed by atoms with Gasteiger partial charge < -0.3 is 14.7 Å². The van der Waals surface area contributed by atoms with E-state index >= 15 is 0 Å². The zero-order chi connectivity index (χ0) is 16.8. The molecule has 7 heteroatoms. The summed E-state index contributed by atoms with van der Waals surface area (Å²) < 4.78 is 5.11. The van der Waals surface area contributed by atoms with Gasteiger partial charge in [-0.1, -0.05) is 17.7 Å². The lowest BCUT2D eigenvalue weighted by Crippen LogP contribution is -2.47. The summed E-state index contributed by atoms with van der Waals surface area (Å²) in [6.45, 7) is 0.616. The number of ether oxygens (including phenoxy) is 1. The predicted octanol–water partition coefficient (Wildman–Crippen LogP) is 2.70. The van der Waals surface area contributed by atoms with Gasteiger partial charge >= 0.3 is 5.97 Å². The molecule has 0 saturated carbocycles. The summed E-state index contributed by atoms with van der Waals surface area (Å²) in [5, 5.41) is 9.50. The second-order valence-corrected chi connectivity index (χ2v) is 6.94. The fourth-order valence-electron chi connectivity index (χ4n) is 2.61. The largest absolute Gasteiger partial charge is 0.495 e. The van der Waals surface area contributed by atoms with Crippen LogP contribution in [-0.2, 0) is 16.0 Å². The van der Waals surface area contributed by atoms with E-state index in [1.807, 2.05) is 6.07 Å². The Morgan fingerprint density at radius 2 is 2.26 bits per heavy atom. The molecule has 1 aromatic rings. The van der Waals surface area contributed by atoms with Crippen LogP contribution in [0.4, 0.5) is 0 Å². The van der Waals surface area contributed by atoms with E-state index in [1.165, 1.54) is 0 Å². The molecule has 0 spiro atoms. The minimum absolute atomic E-state index is 0.00323. The molecule has 1 N–H and O–H groups in total. The van der Waals surface area contributed by atoms with E-state index in [9.17, 15) is 9.59 Å². The van der Waals surface area contributed by atoms with Gasteiger partial charge in [-0.3, -0.25) is 9.59 Å². The topological polar surface area (TPSA) is 66.8 Å². The number of hydrogen-bond donors (Lipinski definition) is 1. The molecule has 1 fully saturated rings. The second-order valence-electron chi connectivity index (χ2n) is 5.38. The molecule has 1 heterocycles. The zero-order valence-corrected chi connectivity index (χ0v) is 14.5. The van der Waals surface area contributed by atoms with Gasteiger partial charge in [0.1, 0.15) is 5.75 Å². The maximum atomic E-state index is 12.4. The highest BCUT2D eigenvalue weighted by Crippen LogP contribution is 2.26. The first-order valence-corrected chi connectivity index (χ1v) is 8.96. The molecule has 1 unspecified atom stereocenters. The van der Waals surface area contributed by atoms with Gasteiger partial charge in [-0.05, 0) is 24.1 Å². The zero-order valence-electron chi connectivity index (χ0n) is 13.0. The van der Waals surface area contributed by atoms with Crippen LogP contribution in [0, 0.1) is 0 Å². The minimum Gasteiger partial charge on any atom is -0.495 e. The minimum atomic E-state index is -0.864. The third kappa shape index (κ3) is 5.04. The molecule has 1 aliphatic heterocycles. The van der Waals surface area contributed by atoms with Crippen LogP contribution in [0.25, 0.3) is 0 Å². The Labute approximate surface area is 144 Å². The van der Waals surface area contributed by atoms with Gasteiger partial charge in [0.25, 0.3) is 0 Å². The number of carboxylic acids is 1. The Hall–Kier alpha value is -1.40. The third-order valence-electron chi connectivity index (χ3n) is 3.80. The van der Waals surface area contributed by atoms with Crippen molar-refractivity contribution < 1.29 is 19.4 Å². The van der Waals surface area contributed by atoms with Crippen molar-refractivity contribution >= 4 is 35.2 Å². The molecule has 2 rings (SSSR count). The fraction of sp³-hybridized carbons (Fsp3) is 0.500. The van der Waals surface area contributed by atoms with Gasteiger partial charge in [0.15, 0.2) is 0 Å². The average Bonchev–Trinajstić information content (AvgIpc) is 2.52. The van der Waals surface area contributed by atoms with Gasteiger partial charge in [0.2, 0.25) is 5.91 Å². The Bertz CT molecular complexity index is 581. The van der Waals surface area contributed by atoms with Crippen molar-refractivity contribution in [1.29, 1.82) is 0 Å². The molecule has 0 aromatic heterocycles. The van der Waals surface area contributed by atoms with Crippen LogP contribution < -0.4 is 4.74 Å². The number of benzene rings is 1. The standard InChI is InChI=1S/C16H20ClNO4S/c1-22-14-4-2-11(8-13(14)17)3-5-15(19)18-6-7-23-10-12(18)9-16(20)21/h2,4,8,12H,3,5-7,9-10H2,1H3,(H,20,21). The molecular weight excluding hydrogens is 338 g/mol. The Kier molecular flexibility index (Phi) is 6.59. The van der Waals surface area contributed by atoms with E-state index in [-0.39, 0.29) is 18.4 Å². The van der Waals surface area contributed by atoms with E-state index in [1.54, 1.807) is 35.9 Å². The first-order valence-electron chi connectivity index (χ1n) is 7.42. The molecule has 23 heavy (non-hydrogen) atoms. The number of thioether (sulfide) groups is 1. The molecule has 1 aliphatic rings. The SMILES string of the molecule is COc1ccc(CCC(=O)N2CCSCC2CC(=O)O)cc1Cl. The lowest BCUT2D eigenvalue weighted by Gasteiger charge is -2.34. The second kappa shape index (κ2) is 8.45. The highest BCUT2D eigenvalue weighted by Gasteiger charge is 2.28. The summed E-state index contributed by atoms with van der Waals surface area (Å²) in [5.74, 6) is 1.29. The first kappa shape index (κ1) is 17.9. The van der Waals surface area contributed by atoms with E-state index in [0.717, 1.165) is 11.3 Å². The number of rotatable bonds is 6. The molecule has 1 aromatic carbocycles. The van der Waals surface area contributed by atoms with E-state index in [2.05, 4.69) is 0 Å². The predicted molar refractivity (Wildman–Crippen MR) is 91.4 cm³/mol. The maximum absolute atomic E-state index is 12.4. The summed E-state index contributed by atoms with van der Waals surface area (Å²) in [7, 11) is 1.56. The number of aryl methyl sites for hydroxylation is 1. The Balaban J connectivity index is 1.94. The average molecular weight is 358 g/mol. The van der Waals surface area contributed by atoms with Gasteiger partial charge in [-0.15, -0.1) is 0 Å². The number of hydrogen-bond acceptors (Lipinski definition) is 4. The van der Waals surface area contributed by atoms with Crippen LogP contribution in [0.1, 0.15) is 18.4 Å². The van der Waals surface area contributed by atoms with E-state index in [4.69, 9.17) is 21.4 Å². The molecule has 0 radical (unpaired) electrons. The lowest BCUT2D eigenvalue weighted by atomic mass is 10.1. The number of carboxylic acid groups (broad SMARTS) is 1. The van der Waals surface area contributed by atoms with E-state index in [0.29, 0.717) is 35.9 Å². The number of halogens is 1. The molecule has 5 nitrogen and oxygen atoms in total. The van der Waals surface area contributed by atoms with Crippen molar-refractivity contribution in [3.8, 4) is 5.75 Å². The van der Waals surface area contributed by atoms with Crippen LogP contribution in [-0.4, -0.2) is 53.1 Å². The third-order valence-corrected chi connectivity index (χ3v) is 5.19. The molecule has 126 valence electrons. The van der Waals surface area contributed by atoms with Crippen molar-refractivity contribution in [2.75, 3.05) is 25.2 Å². The summed E-state index contributed by atoms with van der Waals surface area (Å²) in [6, 6.07) is 5.26. The molecule has 1 saturated heterocycles. The van der Waals surface area contributed by atoms with Crippen LogP contribution in [0.3, 0.4) is 0 Å². The number of carbonyl (C=O) groups is 2. The summed E-state index contributed by atoms with van der Waals surface area (Å²) in [6.07, 6.45) is 0.933. The number of nitrogens with zero attached hydrogens (tertiary/aromatic N) is 1. The van der Waals surface area contributed by atoms with Gasteiger partial charge in [-0.2, -0.15) is 11.8 Å². The van der Waals surface area contributed by atoms with Gasteiger partial charge in [0.05, 0.1) is 24.6 Å². The van der Waals surface area contributed by atoms with Crippen molar-refractivity contribution in [1.82, 2.24) is 4.90 Å². The lowest BCUT2D eigenvalue weighted by molar-refractivity contribution is -0.140. The molecule has 1 amide bonds. The highest BCUT2D eigenvalue weighted by molar-refractivity contribution is 7.99. The van der Waals surface area contributed by atoms with Crippen molar-refractivity contribution in [3.05, 3.63) is 28.8 Å². The van der Waals surface area contributed by atoms with Crippen molar-refractivity contribution in [3.63, 3.8) is 0 Å². The van der Waals surface area contributed by atoms with Crippen molar-refractivity contribution in [2.24, 2.45) is 0 Å². The molecule has 0 aliphatic carbocycles. The monoisotopic (exact) mass is 357 g/mol. The summed E-state index contributed by atoms with van der Waals surface area (Å²) >= 11 is 7.78. The molecular formula is C16H20ClNO4S. The Morgan fingerprint density at radius 3 is 2.91 bits per heavy atom.